The predicted molar refractivity (Wildman–Crippen MR) is 85.6 cm³/mol. The Morgan fingerprint density at radius 3 is 2.74 bits per heavy atom. The first-order valence-corrected chi connectivity index (χ1v) is 7.76. The molecule has 2 atom stereocenters. The van der Waals surface area contributed by atoms with Gasteiger partial charge in [0.1, 0.15) is 0 Å². The third-order valence-electron chi connectivity index (χ3n) is 3.26. The molecule has 0 aliphatic rings. The molecule has 122 valence electrons. The van der Waals surface area contributed by atoms with Gasteiger partial charge in [-0.1, -0.05) is 6.07 Å². The second-order valence-corrected chi connectivity index (χ2v) is 6.08. The third-order valence-corrected chi connectivity index (χ3v) is 4.23. The number of carbonyl (C=O) groups excluding carboxylic acids is 1. The number of amides is 1. The van der Waals surface area contributed by atoms with Gasteiger partial charge >= 0.3 is 5.69 Å². The lowest BCUT2D eigenvalue weighted by atomic mass is 10.1. The lowest BCUT2D eigenvalue weighted by molar-refractivity contribution is -0.385. The van der Waals surface area contributed by atoms with E-state index in [2.05, 4.69) is 5.32 Å². The molecule has 0 radical (unpaired) electrons. The number of hydrogen-bond donors (Lipinski definition) is 3. The van der Waals surface area contributed by atoms with Gasteiger partial charge in [0.25, 0.3) is 5.91 Å². The maximum atomic E-state index is 12.1. The van der Waals surface area contributed by atoms with Crippen molar-refractivity contribution in [3.8, 4) is 5.75 Å². The van der Waals surface area contributed by atoms with Crippen molar-refractivity contribution >= 4 is 22.9 Å². The standard InChI is InChI=1S/C15H16N2O5S/c1-9(7-13(19)14-3-2-6-23-14)16-15(20)10-4-5-11(17(21)22)12(18)8-10/h2-6,8-9,13,18-19H,7H2,1H3,(H,16,20)/t9-,13-/m1/s1. The predicted octanol–water partition coefficient (Wildman–Crippen LogP) is 2.60. The zero-order chi connectivity index (χ0) is 17.0. The number of nitrogens with one attached hydrogen (secondary N) is 1. The van der Waals surface area contributed by atoms with E-state index in [1.54, 1.807) is 6.92 Å². The highest BCUT2D eigenvalue weighted by atomic mass is 32.1. The van der Waals surface area contributed by atoms with Crippen molar-refractivity contribution in [2.24, 2.45) is 0 Å². The number of phenols is 1. The van der Waals surface area contributed by atoms with Gasteiger partial charge in [-0.05, 0) is 36.9 Å². The van der Waals surface area contributed by atoms with Gasteiger partial charge in [0, 0.05) is 22.5 Å². The molecule has 1 aromatic heterocycles. The van der Waals surface area contributed by atoms with E-state index in [4.69, 9.17) is 0 Å². The molecule has 1 heterocycles. The first kappa shape index (κ1) is 16.9. The highest BCUT2D eigenvalue weighted by molar-refractivity contribution is 7.10. The Morgan fingerprint density at radius 1 is 1.43 bits per heavy atom. The van der Waals surface area contributed by atoms with E-state index in [0.29, 0.717) is 6.42 Å². The molecule has 2 rings (SSSR count). The lowest BCUT2D eigenvalue weighted by Crippen LogP contribution is -2.33. The number of carbonyl (C=O) groups is 1. The molecule has 0 aliphatic heterocycles. The average molecular weight is 336 g/mol. The number of nitrogens with zero attached hydrogens (tertiary/aromatic N) is 1. The van der Waals surface area contributed by atoms with Gasteiger partial charge in [-0.2, -0.15) is 0 Å². The van der Waals surface area contributed by atoms with Crippen molar-refractivity contribution in [3.63, 3.8) is 0 Å². The number of aliphatic hydroxyl groups is 1. The summed E-state index contributed by atoms with van der Waals surface area (Å²) in [6, 6.07) is 6.75. The smallest absolute Gasteiger partial charge is 0.310 e. The molecular weight excluding hydrogens is 320 g/mol. The van der Waals surface area contributed by atoms with Crippen LogP contribution in [0.1, 0.15) is 34.7 Å². The van der Waals surface area contributed by atoms with E-state index >= 15 is 0 Å². The van der Waals surface area contributed by atoms with Crippen molar-refractivity contribution in [1.29, 1.82) is 0 Å². The summed E-state index contributed by atoms with van der Waals surface area (Å²) >= 11 is 1.43. The van der Waals surface area contributed by atoms with Crippen molar-refractivity contribution in [1.82, 2.24) is 5.32 Å². The molecule has 0 saturated heterocycles. The molecule has 0 spiro atoms. The minimum absolute atomic E-state index is 0.116. The number of nitro benzene ring substituents is 1. The normalized spacial score (nSPS) is 13.3. The van der Waals surface area contributed by atoms with Crippen LogP contribution >= 0.6 is 11.3 Å². The SMILES string of the molecule is C[C@H](C[C@@H](O)c1cccs1)NC(=O)c1ccc([N+](=O)[O-])c(O)c1. The summed E-state index contributed by atoms with van der Waals surface area (Å²) in [5, 5.41) is 34.8. The van der Waals surface area contributed by atoms with Crippen LogP contribution in [0.3, 0.4) is 0 Å². The first-order valence-electron chi connectivity index (χ1n) is 6.88. The Labute approximate surface area is 136 Å². The Bertz CT molecular complexity index is 702. The second kappa shape index (κ2) is 7.21. The molecule has 3 N–H and O–H groups in total. The molecule has 1 aromatic carbocycles. The van der Waals surface area contributed by atoms with Crippen molar-refractivity contribution < 1.29 is 19.9 Å². The number of rotatable bonds is 6. The average Bonchev–Trinajstić information content (AvgIpc) is 3.00. The molecule has 7 nitrogen and oxygen atoms in total. The molecule has 0 fully saturated rings. The summed E-state index contributed by atoms with van der Waals surface area (Å²) in [7, 11) is 0. The van der Waals surface area contributed by atoms with E-state index in [-0.39, 0.29) is 11.6 Å². The maximum absolute atomic E-state index is 12.1. The van der Waals surface area contributed by atoms with Gasteiger partial charge in [-0.15, -0.1) is 11.3 Å². The lowest BCUT2D eigenvalue weighted by Gasteiger charge is -2.17. The summed E-state index contributed by atoms with van der Waals surface area (Å²) in [5.41, 5.74) is -0.340. The zero-order valence-corrected chi connectivity index (χ0v) is 13.1. The molecule has 0 unspecified atom stereocenters. The van der Waals surface area contributed by atoms with Gasteiger partial charge in [0.2, 0.25) is 0 Å². The highest BCUT2D eigenvalue weighted by Crippen LogP contribution is 2.26. The zero-order valence-electron chi connectivity index (χ0n) is 12.3. The minimum atomic E-state index is -0.725. The fourth-order valence-corrected chi connectivity index (χ4v) is 2.84. The number of hydrogen-bond acceptors (Lipinski definition) is 6. The second-order valence-electron chi connectivity index (χ2n) is 5.10. The van der Waals surface area contributed by atoms with E-state index in [1.807, 2.05) is 17.5 Å². The van der Waals surface area contributed by atoms with Crippen LogP contribution in [0.15, 0.2) is 35.7 Å². The summed E-state index contributed by atoms with van der Waals surface area (Å²) in [5.74, 6) is -1.03. The number of benzene rings is 1. The summed E-state index contributed by atoms with van der Waals surface area (Å²) in [4.78, 5) is 22.8. The van der Waals surface area contributed by atoms with Crippen molar-refractivity contribution in [2.75, 3.05) is 0 Å². The van der Waals surface area contributed by atoms with E-state index < -0.39 is 28.4 Å². The van der Waals surface area contributed by atoms with E-state index in [9.17, 15) is 25.1 Å². The number of aliphatic hydroxyl groups excluding tert-OH is 1. The maximum Gasteiger partial charge on any atom is 0.310 e. The van der Waals surface area contributed by atoms with Crippen LogP contribution in [0.4, 0.5) is 5.69 Å². The van der Waals surface area contributed by atoms with Crippen LogP contribution in [0.2, 0.25) is 0 Å². The van der Waals surface area contributed by atoms with E-state index in [1.165, 1.54) is 17.4 Å². The Morgan fingerprint density at radius 2 is 2.17 bits per heavy atom. The number of phenolic OH excluding ortho intramolecular Hbond substituents is 1. The van der Waals surface area contributed by atoms with Crippen molar-refractivity contribution in [2.45, 2.75) is 25.5 Å². The third kappa shape index (κ3) is 4.27. The molecule has 23 heavy (non-hydrogen) atoms. The van der Waals surface area contributed by atoms with Gasteiger partial charge in [0.15, 0.2) is 5.75 Å². The molecular formula is C15H16N2O5S. The van der Waals surface area contributed by atoms with Gasteiger partial charge < -0.3 is 15.5 Å². The quantitative estimate of drug-likeness (QED) is 0.554. The number of nitro groups is 1. The number of thiophene rings is 1. The summed E-state index contributed by atoms with van der Waals surface area (Å²) in [6.07, 6.45) is -0.332. The topological polar surface area (TPSA) is 113 Å². The molecule has 0 bridgehead atoms. The largest absolute Gasteiger partial charge is 0.502 e. The molecule has 1 amide bonds. The molecule has 0 saturated carbocycles. The van der Waals surface area contributed by atoms with Crippen LogP contribution in [-0.4, -0.2) is 27.1 Å². The Kier molecular flexibility index (Phi) is 5.30. The van der Waals surface area contributed by atoms with Gasteiger partial charge in [0.05, 0.1) is 11.0 Å². The molecule has 0 aliphatic carbocycles. The minimum Gasteiger partial charge on any atom is -0.502 e. The summed E-state index contributed by atoms with van der Waals surface area (Å²) < 4.78 is 0. The first-order chi connectivity index (χ1) is 10.9. The van der Waals surface area contributed by atoms with Crippen LogP contribution in [0.5, 0.6) is 5.75 Å². The Hall–Kier alpha value is -2.45. The van der Waals surface area contributed by atoms with Crippen LogP contribution in [0, 0.1) is 10.1 Å². The monoisotopic (exact) mass is 336 g/mol. The van der Waals surface area contributed by atoms with Crippen LogP contribution in [-0.2, 0) is 0 Å². The number of aromatic hydroxyl groups is 1. The van der Waals surface area contributed by atoms with Gasteiger partial charge in [-0.25, -0.2) is 0 Å². The van der Waals surface area contributed by atoms with E-state index in [0.717, 1.165) is 17.0 Å². The van der Waals surface area contributed by atoms with Crippen LogP contribution < -0.4 is 5.32 Å². The molecule has 8 heteroatoms. The van der Waals surface area contributed by atoms with Crippen LogP contribution in [0.25, 0.3) is 0 Å². The van der Waals surface area contributed by atoms with Gasteiger partial charge in [-0.3, -0.25) is 14.9 Å². The fourth-order valence-electron chi connectivity index (χ4n) is 2.12. The highest BCUT2D eigenvalue weighted by Gasteiger charge is 2.19. The Balaban J connectivity index is 1.98. The fraction of sp³-hybridized carbons (Fsp3) is 0.267. The summed E-state index contributed by atoms with van der Waals surface area (Å²) in [6.45, 7) is 1.75. The van der Waals surface area contributed by atoms with Crippen molar-refractivity contribution in [3.05, 3.63) is 56.3 Å². The molecule has 2 aromatic rings.